The van der Waals surface area contributed by atoms with E-state index in [0.29, 0.717) is 23.7 Å². The molecule has 3 heterocycles. The Bertz CT molecular complexity index is 1380. The molecule has 2 saturated carbocycles. The van der Waals surface area contributed by atoms with Crippen LogP contribution in [0, 0.1) is 17.2 Å². The maximum Gasteiger partial charge on any atom is 0.143 e. The van der Waals surface area contributed by atoms with E-state index >= 15 is 0 Å². The number of nitrogen functional groups attached to an aromatic ring is 1. The van der Waals surface area contributed by atoms with Crippen LogP contribution < -0.4 is 5.73 Å². The highest BCUT2D eigenvalue weighted by molar-refractivity contribution is 6.33. The molecule has 5 atom stereocenters. The number of fused-ring (bicyclic) bond motifs is 3. The van der Waals surface area contributed by atoms with Gasteiger partial charge in [0, 0.05) is 28.6 Å². The van der Waals surface area contributed by atoms with Gasteiger partial charge in [-0.25, -0.2) is 19.3 Å². The van der Waals surface area contributed by atoms with E-state index in [-0.39, 0.29) is 22.8 Å². The monoisotopic (exact) mass is 453 g/mol. The number of nitrogens with two attached hydrogens (primary N) is 1. The van der Waals surface area contributed by atoms with Crippen LogP contribution in [0.4, 0.5) is 10.2 Å². The molecule has 2 fully saturated rings. The molecule has 0 radical (unpaired) electrons. The number of aliphatic hydroxyl groups is 2. The first kappa shape index (κ1) is 19.8. The molecule has 4 aromatic rings. The number of benzene rings is 1. The molecular formula is C23H21ClFN5O2. The predicted molar refractivity (Wildman–Crippen MR) is 119 cm³/mol. The summed E-state index contributed by atoms with van der Waals surface area (Å²) in [5, 5.41) is 23.3. The van der Waals surface area contributed by atoms with Crippen LogP contribution in [-0.2, 0) is 6.42 Å². The molecule has 0 aliphatic heterocycles. The highest BCUT2D eigenvalue weighted by atomic mass is 35.5. The summed E-state index contributed by atoms with van der Waals surface area (Å²) in [5.74, 6) is -0.118. The first-order chi connectivity index (χ1) is 15.4. The average molecular weight is 454 g/mol. The van der Waals surface area contributed by atoms with Gasteiger partial charge in [-0.1, -0.05) is 11.6 Å². The number of anilines is 1. The first-order valence-electron chi connectivity index (χ1n) is 10.6. The van der Waals surface area contributed by atoms with Gasteiger partial charge < -0.3 is 20.5 Å². The van der Waals surface area contributed by atoms with Crippen molar-refractivity contribution in [3.05, 3.63) is 59.4 Å². The molecular weight excluding hydrogens is 433 g/mol. The number of aryl methyl sites for hydroxylation is 1. The minimum Gasteiger partial charge on any atom is -0.390 e. The summed E-state index contributed by atoms with van der Waals surface area (Å²) in [7, 11) is 0. The van der Waals surface area contributed by atoms with E-state index in [1.54, 1.807) is 6.20 Å². The van der Waals surface area contributed by atoms with Crippen LogP contribution >= 0.6 is 11.6 Å². The van der Waals surface area contributed by atoms with Crippen molar-refractivity contribution < 1.29 is 14.6 Å². The van der Waals surface area contributed by atoms with E-state index in [2.05, 4.69) is 15.0 Å². The van der Waals surface area contributed by atoms with Gasteiger partial charge in [0.25, 0.3) is 0 Å². The lowest BCUT2D eigenvalue weighted by atomic mass is 9.91. The number of aromatic nitrogens is 4. The Labute approximate surface area is 187 Å². The minimum absolute atomic E-state index is 0.121. The van der Waals surface area contributed by atoms with Crippen LogP contribution in [-0.4, -0.2) is 41.9 Å². The zero-order valence-electron chi connectivity index (χ0n) is 17.0. The summed E-state index contributed by atoms with van der Waals surface area (Å²) < 4.78 is 16.6. The van der Waals surface area contributed by atoms with Crippen molar-refractivity contribution in [1.29, 1.82) is 0 Å². The second-order valence-corrected chi connectivity index (χ2v) is 9.40. The number of nitrogens with zero attached hydrogens (tertiary/aromatic N) is 4. The van der Waals surface area contributed by atoms with E-state index in [4.69, 9.17) is 17.3 Å². The zero-order chi connectivity index (χ0) is 22.2. The van der Waals surface area contributed by atoms with Crippen molar-refractivity contribution >= 4 is 39.4 Å². The lowest BCUT2D eigenvalue weighted by molar-refractivity contribution is -0.0191. The van der Waals surface area contributed by atoms with E-state index in [9.17, 15) is 14.6 Å². The van der Waals surface area contributed by atoms with Crippen molar-refractivity contribution in [1.82, 2.24) is 19.5 Å². The van der Waals surface area contributed by atoms with Gasteiger partial charge in [0.05, 0.1) is 22.7 Å². The van der Waals surface area contributed by atoms with E-state index in [1.165, 1.54) is 18.5 Å². The second kappa shape index (κ2) is 6.84. The number of halogens is 2. The van der Waals surface area contributed by atoms with Gasteiger partial charge in [0.1, 0.15) is 29.7 Å². The molecule has 0 spiro atoms. The van der Waals surface area contributed by atoms with Crippen molar-refractivity contribution in [2.24, 2.45) is 11.3 Å². The highest BCUT2D eigenvalue weighted by Crippen LogP contribution is 2.69. The van der Waals surface area contributed by atoms with Crippen LogP contribution in [0.2, 0.25) is 5.02 Å². The summed E-state index contributed by atoms with van der Waals surface area (Å²) in [6.45, 7) is 0. The van der Waals surface area contributed by atoms with Gasteiger partial charge >= 0.3 is 0 Å². The maximum atomic E-state index is 14.7. The molecule has 2 aliphatic rings. The van der Waals surface area contributed by atoms with E-state index < -0.39 is 23.4 Å². The van der Waals surface area contributed by atoms with Gasteiger partial charge in [-0.15, -0.1) is 0 Å². The van der Waals surface area contributed by atoms with Crippen LogP contribution in [0.25, 0.3) is 21.9 Å². The number of rotatable bonds is 4. The Morgan fingerprint density at radius 1 is 1.28 bits per heavy atom. The molecule has 6 rings (SSSR count). The number of hydrogen-bond donors (Lipinski definition) is 3. The third-order valence-corrected chi connectivity index (χ3v) is 7.66. The Balaban J connectivity index is 1.28. The fraction of sp³-hybridized carbons (Fsp3) is 0.348. The number of aliphatic hydroxyl groups excluding tert-OH is 2. The molecule has 4 N–H and O–H groups in total. The number of pyridine rings is 1. The van der Waals surface area contributed by atoms with Crippen molar-refractivity contribution in [3.8, 4) is 0 Å². The molecule has 0 bridgehead atoms. The minimum atomic E-state index is -0.892. The fourth-order valence-electron chi connectivity index (χ4n) is 5.65. The third-order valence-electron chi connectivity index (χ3n) is 7.36. The summed E-state index contributed by atoms with van der Waals surface area (Å²) in [5.41, 5.74) is 7.36. The third kappa shape index (κ3) is 2.76. The Hall–Kier alpha value is -2.81. The Kier molecular flexibility index (Phi) is 4.24. The molecule has 9 heteroatoms. The second-order valence-electron chi connectivity index (χ2n) is 8.99. The molecule has 0 amide bonds. The summed E-state index contributed by atoms with van der Waals surface area (Å²) in [6, 6.07) is 6.44. The molecule has 1 aromatic carbocycles. The normalized spacial score (nSPS) is 29.0. The maximum absolute atomic E-state index is 14.7. The smallest absolute Gasteiger partial charge is 0.143 e. The average Bonchev–Trinajstić information content (AvgIpc) is 3.28. The van der Waals surface area contributed by atoms with Crippen LogP contribution in [0.3, 0.4) is 0 Å². The molecule has 32 heavy (non-hydrogen) atoms. The molecule has 0 saturated heterocycles. The van der Waals surface area contributed by atoms with Gasteiger partial charge in [0.15, 0.2) is 0 Å². The molecule has 7 nitrogen and oxygen atoms in total. The van der Waals surface area contributed by atoms with Crippen LogP contribution in [0.5, 0.6) is 0 Å². The van der Waals surface area contributed by atoms with Gasteiger partial charge in [-0.05, 0) is 55.0 Å². The largest absolute Gasteiger partial charge is 0.390 e. The highest BCUT2D eigenvalue weighted by Gasteiger charge is 2.70. The fourth-order valence-corrected chi connectivity index (χ4v) is 5.80. The van der Waals surface area contributed by atoms with E-state index in [1.807, 2.05) is 22.9 Å². The van der Waals surface area contributed by atoms with Gasteiger partial charge in [-0.3, -0.25) is 0 Å². The summed E-state index contributed by atoms with van der Waals surface area (Å²) in [6.07, 6.45) is 5.36. The van der Waals surface area contributed by atoms with E-state index in [0.717, 1.165) is 23.0 Å². The molecule has 0 unspecified atom stereocenters. The topological polar surface area (TPSA) is 110 Å². The quantitative estimate of drug-likeness (QED) is 0.437. The molecule has 2 aliphatic carbocycles. The molecule has 3 aromatic heterocycles. The van der Waals surface area contributed by atoms with Crippen molar-refractivity contribution in [2.75, 3.05) is 5.73 Å². The van der Waals surface area contributed by atoms with Gasteiger partial charge in [-0.2, -0.15) is 0 Å². The van der Waals surface area contributed by atoms with Crippen molar-refractivity contribution in [3.63, 3.8) is 0 Å². The SMILES string of the molecule is Nc1nc2cc(CC[C@@]34C[C@@H]3[C@@H](n3ccc5cncnc53)[C@H](O)[C@@H]4O)cc(F)c2cc1Cl. The Morgan fingerprint density at radius 3 is 2.97 bits per heavy atom. The Morgan fingerprint density at radius 2 is 2.12 bits per heavy atom. The summed E-state index contributed by atoms with van der Waals surface area (Å²) >= 11 is 5.98. The zero-order valence-corrected chi connectivity index (χ0v) is 17.7. The molecule has 164 valence electrons. The van der Waals surface area contributed by atoms with Gasteiger partial charge in [0.2, 0.25) is 0 Å². The van der Waals surface area contributed by atoms with Crippen LogP contribution in [0.1, 0.15) is 24.4 Å². The lowest BCUT2D eigenvalue weighted by Gasteiger charge is -2.24. The summed E-state index contributed by atoms with van der Waals surface area (Å²) in [4.78, 5) is 12.6. The van der Waals surface area contributed by atoms with Crippen molar-refractivity contribution in [2.45, 2.75) is 37.5 Å². The van der Waals surface area contributed by atoms with Crippen LogP contribution in [0.15, 0.2) is 43.0 Å². The predicted octanol–water partition coefficient (Wildman–Crippen LogP) is 3.27. The lowest BCUT2D eigenvalue weighted by Crippen LogP contribution is -2.34. The standard InChI is InChI=1S/C23H21ClFN5O2/c24-15-7-13-16(25)5-11(6-17(13)29-21(15)26)1-3-23-8-14(23)18(19(31)20(23)32)30-4-2-12-9-27-10-28-22(12)30/h2,4-7,9-10,14,18-20,31-32H,1,3,8H2,(H2,26,29)/t14-,18-,19+,20+,23-/m1/s1. The first-order valence-corrected chi connectivity index (χ1v) is 10.9. The number of hydrogen-bond acceptors (Lipinski definition) is 6.